The van der Waals surface area contributed by atoms with Gasteiger partial charge in [0.25, 0.3) is 0 Å². The number of ether oxygens (including phenoxy) is 1. The van der Waals surface area contributed by atoms with Crippen molar-refractivity contribution < 1.29 is 14.3 Å². The normalized spacial score (nSPS) is 11.6. The first kappa shape index (κ1) is 21.2. The van der Waals surface area contributed by atoms with Crippen LogP contribution in [0.1, 0.15) is 11.6 Å². The van der Waals surface area contributed by atoms with Crippen molar-refractivity contribution in [2.75, 3.05) is 52.1 Å². The summed E-state index contributed by atoms with van der Waals surface area (Å²) in [5.74, 6) is -0.927. The van der Waals surface area contributed by atoms with Gasteiger partial charge in [-0.1, -0.05) is 24.3 Å². The second-order valence-electron chi connectivity index (χ2n) is 6.83. The highest BCUT2D eigenvalue weighted by atomic mass is 16.5. The third-order valence-corrected chi connectivity index (χ3v) is 4.43. The van der Waals surface area contributed by atoms with Crippen LogP contribution in [0.3, 0.4) is 0 Å². The largest absolute Gasteiger partial charge is 0.495 e. The van der Waals surface area contributed by atoms with Gasteiger partial charge >= 0.3 is 11.8 Å². The average Bonchev–Trinajstić information content (AvgIpc) is 2.68. The number of nitrogens with zero attached hydrogens (tertiary/aromatic N) is 2. The van der Waals surface area contributed by atoms with Crippen molar-refractivity contribution in [3.05, 3.63) is 54.1 Å². The molecule has 0 spiro atoms. The van der Waals surface area contributed by atoms with Crippen molar-refractivity contribution in [2.45, 2.75) is 6.04 Å². The van der Waals surface area contributed by atoms with Crippen LogP contribution in [-0.2, 0) is 9.59 Å². The summed E-state index contributed by atoms with van der Waals surface area (Å²) in [7, 11) is 9.35. The van der Waals surface area contributed by atoms with Crippen LogP contribution in [0.15, 0.2) is 48.5 Å². The molecule has 2 amide bonds. The van der Waals surface area contributed by atoms with Crippen molar-refractivity contribution in [2.24, 2.45) is 0 Å². The maximum absolute atomic E-state index is 12.3. The lowest BCUT2D eigenvalue weighted by molar-refractivity contribution is -0.136. The Kier molecular flexibility index (Phi) is 7.40. The van der Waals surface area contributed by atoms with Crippen molar-refractivity contribution in [1.29, 1.82) is 0 Å². The molecule has 0 saturated heterocycles. The molecule has 0 saturated carbocycles. The molecule has 0 bridgehead atoms. The Morgan fingerprint density at radius 3 is 2.18 bits per heavy atom. The highest BCUT2D eigenvalue weighted by molar-refractivity contribution is 6.39. The molecule has 2 N–H and O–H groups in total. The smallest absolute Gasteiger partial charge is 0.313 e. The third kappa shape index (κ3) is 5.47. The maximum atomic E-state index is 12.3. The van der Waals surface area contributed by atoms with Crippen LogP contribution in [0.25, 0.3) is 0 Å². The van der Waals surface area contributed by atoms with Crippen molar-refractivity contribution in [1.82, 2.24) is 10.2 Å². The summed E-state index contributed by atoms with van der Waals surface area (Å²) in [6.45, 7) is 0.312. The van der Waals surface area contributed by atoms with E-state index < -0.39 is 11.8 Å². The van der Waals surface area contributed by atoms with Crippen LogP contribution >= 0.6 is 0 Å². The molecule has 0 heterocycles. The van der Waals surface area contributed by atoms with Gasteiger partial charge in [0.2, 0.25) is 0 Å². The van der Waals surface area contributed by atoms with E-state index >= 15 is 0 Å². The molecular formula is C21H28N4O3. The van der Waals surface area contributed by atoms with Crippen molar-refractivity contribution in [3.8, 4) is 5.75 Å². The van der Waals surface area contributed by atoms with E-state index in [1.807, 2.05) is 62.3 Å². The minimum atomic E-state index is -0.732. The minimum absolute atomic E-state index is 0.0563. The van der Waals surface area contributed by atoms with Crippen molar-refractivity contribution >= 4 is 23.2 Å². The predicted molar refractivity (Wildman–Crippen MR) is 112 cm³/mol. The molecule has 7 heteroatoms. The number of nitrogens with one attached hydrogen (secondary N) is 2. The standard InChI is InChI=1S/C21H28N4O3/c1-24(2)16-12-10-15(11-13-16)18(25(3)4)14-22-20(26)21(27)23-17-8-6-7-9-19(17)28-5/h6-13,18H,14H2,1-5H3,(H,22,26)(H,23,27)/t18-/m0/s1. The fourth-order valence-corrected chi connectivity index (χ4v) is 2.79. The van der Waals surface area contributed by atoms with Gasteiger partial charge < -0.3 is 25.2 Å². The SMILES string of the molecule is COc1ccccc1NC(=O)C(=O)NC[C@@H](c1ccc(N(C)C)cc1)N(C)C. The van der Waals surface area contributed by atoms with Gasteiger partial charge in [-0.3, -0.25) is 9.59 Å². The van der Waals surface area contributed by atoms with E-state index in [0.29, 0.717) is 18.0 Å². The van der Waals surface area contributed by atoms with Crippen LogP contribution in [-0.4, -0.2) is 58.6 Å². The lowest BCUT2D eigenvalue weighted by Crippen LogP contribution is -2.40. The van der Waals surface area contributed by atoms with E-state index in [9.17, 15) is 9.59 Å². The highest BCUT2D eigenvalue weighted by Crippen LogP contribution is 2.23. The summed E-state index contributed by atoms with van der Waals surface area (Å²) in [4.78, 5) is 28.5. The van der Waals surface area contributed by atoms with Crippen LogP contribution in [0.2, 0.25) is 0 Å². The number of likely N-dealkylation sites (N-methyl/N-ethyl adjacent to an activating group) is 1. The Morgan fingerprint density at radius 2 is 1.61 bits per heavy atom. The average molecular weight is 384 g/mol. The number of para-hydroxylation sites is 2. The Labute approximate surface area is 166 Å². The fourth-order valence-electron chi connectivity index (χ4n) is 2.79. The van der Waals surface area contributed by atoms with Gasteiger partial charge in [0.15, 0.2) is 0 Å². The zero-order valence-corrected chi connectivity index (χ0v) is 17.0. The third-order valence-electron chi connectivity index (χ3n) is 4.43. The monoisotopic (exact) mass is 384 g/mol. The van der Waals surface area contributed by atoms with E-state index in [2.05, 4.69) is 10.6 Å². The summed E-state index contributed by atoms with van der Waals surface area (Å²) in [6.07, 6.45) is 0. The Hall–Kier alpha value is -3.06. The second kappa shape index (κ2) is 9.75. The molecule has 28 heavy (non-hydrogen) atoms. The summed E-state index contributed by atoms with van der Waals surface area (Å²) >= 11 is 0. The quantitative estimate of drug-likeness (QED) is 0.716. The minimum Gasteiger partial charge on any atom is -0.495 e. The maximum Gasteiger partial charge on any atom is 0.313 e. The topological polar surface area (TPSA) is 73.9 Å². The molecule has 0 aliphatic carbocycles. The van der Waals surface area contributed by atoms with E-state index in [4.69, 9.17) is 4.74 Å². The van der Waals surface area contributed by atoms with Gasteiger partial charge in [-0.25, -0.2) is 0 Å². The predicted octanol–water partition coefficient (Wildman–Crippen LogP) is 2.12. The number of amides is 2. The molecule has 0 aliphatic heterocycles. The number of hydrogen-bond donors (Lipinski definition) is 2. The van der Waals surface area contributed by atoms with Gasteiger partial charge in [0.1, 0.15) is 5.75 Å². The number of methoxy groups -OCH3 is 1. The fraction of sp³-hybridized carbons (Fsp3) is 0.333. The number of carbonyl (C=O) groups excluding carboxylic acids is 2. The van der Waals surface area contributed by atoms with Gasteiger partial charge in [0, 0.05) is 26.3 Å². The first-order valence-corrected chi connectivity index (χ1v) is 8.99. The first-order chi connectivity index (χ1) is 13.3. The van der Waals surface area contributed by atoms with Gasteiger partial charge in [0.05, 0.1) is 18.8 Å². The molecule has 1 atom stereocenters. The molecule has 0 aromatic heterocycles. The zero-order valence-electron chi connectivity index (χ0n) is 17.0. The molecular weight excluding hydrogens is 356 g/mol. The Bertz CT molecular complexity index is 804. The lowest BCUT2D eigenvalue weighted by atomic mass is 10.1. The summed E-state index contributed by atoms with van der Waals surface area (Å²) < 4.78 is 5.18. The molecule has 0 unspecified atom stereocenters. The van der Waals surface area contributed by atoms with Crippen LogP contribution in [0.4, 0.5) is 11.4 Å². The highest BCUT2D eigenvalue weighted by Gasteiger charge is 2.19. The van der Waals surface area contributed by atoms with Crippen LogP contribution in [0.5, 0.6) is 5.75 Å². The van der Waals surface area contributed by atoms with E-state index in [1.165, 1.54) is 7.11 Å². The number of carbonyl (C=O) groups is 2. The van der Waals surface area contributed by atoms with Crippen molar-refractivity contribution in [3.63, 3.8) is 0 Å². The van der Waals surface area contributed by atoms with Crippen LogP contribution in [0, 0.1) is 0 Å². The lowest BCUT2D eigenvalue weighted by Gasteiger charge is -2.25. The number of hydrogen-bond acceptors (Lipinski definition) is 5. The number of rotatable bonds is 7. The molecule has 2 rings (SSSR count). The summed E-state index contributed by atoms with van der Waals surface area (Å²) in [6, 6.07) is 15.0. The van der Waals surface area contributed by atoms with Crippen LogP contribution < -0.4 is 20.3 Å². The molecule has 7 nitrogen and oxygen atoms in total. The molecule has 0 radical (unpaired) electrons. The molecule has 2 aromatic rings. The van der Waals surface area contributed by atoms with Gasteiger partial charge in [-0.05, 0) is 43.9 Å². The molecule has 0 fully saturated rings. The number of benzene rings is 2. The molecule has 2 aromatic carbocycles. The molecule has 0 aliphatic rings. The van der Waals surface area contributed by atoms with Gasteiger partial charge in [-0.2, -0.15) is 0 Å². The van der Waals surface area contributed by atoms with E-state index in [0.717, 1.165) is 11.3 Å². The van der Waals surface area contributed by atoms with E-state index in [1.54, 1.807) is 24.3 Å². The second-order valence-corrected chi connectivity index (χ2v) is 6.83. The van der Waals surface area contributed by atoms with E-state index in [-0.39, 0.29) is 6.04 Å². The Morgan fingerprint density at radius 1 is 0.964 bits per heavy atom. The zero-order chi connectivity index (χ0) is 20.7. The summed E-state index contributed by atoms with van der Waals surface area (Å²) in [5.41, 5.74) is 2.61. The van der Waals surface area contributed by atoms with Gasteiger partial charge in [-0.15, -0.1) is 0 Å². The first-order valence-electron chi connectivity index (χ1n) is 8.99. The number of anilines is 2. The summed E-state index contributed by atoms with van der Waals surface area (Å²) in [5, 5.41) is 5.29. The Balaban J connectivity index is 2.00. The molecule has 150 valence electrons.